The highest BCUT2D eigenvalue weighted by Crippen LogP contribution is 2.26. The number of rotatable bonds is 3. The predicted octanol–water partition coefficient (Wildman–Crippen LogP) is 1.25. The molecule has 1 heterocycles. The van der Waals surface area contributed by atoms with Gasteiger partial charge >= 0.3 is 5.69 Å². The van der Waals surface area contributed by atoms with Crippen molar-refractivity contribution in [3.8, 4) is 0 Å². The highest BCUT2D eigenvalue weighted by atomic mass is 79.9. The third kappa shape index (κ3) is 2.22. The standard InChI is InChI=1S/C7H8BrN3O2/c8-5-2-4-10-6(1-3-9)7(5)11(12)13/h2,4H,1,3,9H2. The Labute approximate surface area is 83.2 Å². The maximum atomic E-state index is 10.6. The van der Waals surface area contributed by atoms with Crippen LogP contribution in [0.5, 0.6) is 0 Å². The van der Waals surface area contributed by atoms with Gasteiger partial charge in [0, 0.05) is 12.6 Å². The number of nitro groups is 1. The summed E-state index contributed by atoms with van der Waals surface area (Å²) in [7, 11) is 0. The molecule has 1 rings (SSSR count). The molecule has 1 aromatic rings. The van der Waals surface area contributed by atoms with Gasteiger partial charge in [-0.15, -0.1) is 0 Å². The van der Waals surface area contributed by atoms with Crippen LogP contribution in [0.2, 0.25) is 0 Å². The molecule has 5 nitrogen and oxygen atoms in total. The van der Waals surface area contributed by atoms with Gasteiger partial charge in [-0.2, -0.15) is 0 Å². The Morgan fingerprint density at radius 2 is 2.38 bits per heavy atom. The van der Waals surface area contributed by atoms with Crippen molar-refractivity contribution in [2.24, 2.45) is 5.73 Å². The Bertz CT molecular complexity index is 330. The van der Waals surface area contributed by atoms with Crippen molar-refractivity contribution in [2.45, 2.75) is 6.42 Å². The number of hydrogen-bond acceptors (Lipinski definition) is 4. The van der Waals surface area contributed by atoms with Crippen LogP contribution in [0.4, 0.5) is 5.69 Å². The smallest absolute Gasteiger partial charge is 0.304 e. The Hall–Kier alpha value is -1.01. The molecule has 0 fully saturated rings. The summed E-state index contributed by atoms with van der Waals surface area (Å²) in [5, 5.41) is 10.6. The van der Waals surface area contributed by atoms with Crippen LogP contribution >= 0.6 is 15.9 Å². The molecule has 0 aliphatic heterocycles. The average Bonchev–Trinajstić information content (AvgIpc) is 2.04. The molecule has 0 radical (unpaired) electrons. The van der Waals surface area contributed by atoms with Crippen molar-refractivity contribution < 1.29 is 4.92 Å². The molecule has 2 N–H and O–H groups in total. The Morgan fingerprint density at radius 3 is 2.92 bits per heavy atom. The maximum absolute atomic E-state index is 10.6. The lowest BCUT2D eigenvalue weighted by Crippen LogP contribution is -2.07. The minimum atomic E-state index is -0.456. The number of aromatic nitrogens is 1. The van der Waals surface area contributed by atoms with E-state index < -0.39 is 4.92 Å². The monoisotopic (exact) mass is 245 g/mol. The second kappa shape index (κ2) is 4.29. The van der Waals surface area contributed by atoms with E-state index in [1.807, 2.05) is 0 Å². The van der Waals surface area contributed by atoms with Crippen LogP contribution in [0.1, 0.15) is 5.69 Å². The summed E-state index contributed by atoms with van der Waals surface area (Å²) in [6.45, 7) is 0.351. The molecule has 13 heavy (non-hydrogen) atoms. The summed E-state index contributed by atoms with van der Waals surface area (Å²) in [5.74, 6) is 0. The first-order valence-corrected chi connectivity index (χ1v) is 4.44. The van der Waals surface area contributed by atoms with Crippen molar-refractivity contribution in [3.63, 3.8) is 0 Å². The number of hydrogen-bond donors (Lipinski definition) is 1. The lowest BCUT2D eigenvalue weighted by molar-refractivity contribution is -0.386. The number of halogens is 1. The predicted molar refractivity (Wildman–Crippen MR) is 51.3 cm³/mol. The molecule has 0 amide bonds. The fraction of sp³-hybridized carbons (Fsp3) is 0.286. The fourth-order valence-corrected chi connectivity index (χ4v) is 1.47. The third-order valence-electron chi connectivity index (χ3n) is 1.51. The molecule has 0 unspecified atom stereocenters. The van der Waals surface area contributed by atoms with E-state index in [9.17, 15) is 10.1 Å². The van der Waals surface area contributed by atoms with Crippen molar-refractivity contribution in [1.82, 2.24) is 4.98 Å². The molecule has 0 saturated carbocycles. The summed E-state index contributed by atoms with van der Waals surface area (Å²) in [5.41, 5.74) is 5.73. The second-order valence-electron chi connectivity index (χ2n) is 2.38. The molecule has 6 heteroatoms. The van der Waals surface area contributed by atoms with E-state index in [0.29, 0.717) is 23.1 Å². The Morgan fingerprint density at radius 1 is 1.69 bits per heavy atom. The summed E-state index contributed by atoms with van der Waals surface area (Å²) in [4.78, 5) is 14.1. The number of nitrogens with zero attached hydrogens (tertiary/aromatic N) is 2. The first-order chi connectivity index (χ1) is 6.16. The van der Waals surface area contributed by atoms with Gasteiger partial charge in [0.2, 0.25) is 0 Å². The van der Waals surface area contributed by atoms with E-state index in [1.165, 1.54) is 12.3 Å². The largest absolute Gasteiger partial charge is 0.330 e. The van der Waals surface area contributed by atoms with E-state index in [1.54, 1.807) is 0 Å². The third-order valence-corrected chi connectivity index (χ3v) is 2.15. The molecular weight excluding hydrogens is 238 g/mol. The first-order valence-electron chi connectivity index (χ1n) is 3.64. The zero-order valence-electron chi connectivity index (χ0n) is 6.74. The van der Waals surface area contributed by atoms with E-state index in [2.05, 4.69) is 20.9 Å². The molecule has 0 aromatic carbocycles. The van der Waals surface area contributed by atoms with Crippen molar-refractivity contribution in [3.05, 3.63) is 32.5 Å². The van der Waals surface area contributed by atoms with Crippen LogP contribution in [0, 0.1) is 10.1 Å². The lowest BCUT2D eigenvalue weighted by Gasteiger charge is -2.00. The van der Waals surface area contributed by atoms with Gasteiger partial charge in [-0.1, -0.05) is 0 Å². The Balaban J connectivity index is 3.17. The topological polar surface area (TPSA) is 82.0 Å². The molecular formula is C7H8BrN3O2. The highest BCUT2D eigenvalue weighted by Gasteiger charge is 2.18. The van der Waals surface area contributed by atoms with Crippen LogP contribution < -0.4 is 5.73 Å². The minimum Gasteiger partial charge on any atom is -0.330 e. The normalized spacial score (nSPS) is 10.0. The van der Waals surface area contributed by atoms with E-state index >= 15 is 0 Å². The lowest BCUT2D eigenvalue weighted by atomic mass is 10.2. The van der Waals surface area contributed by atoms with E-state index in [4.69, 9.17) is 5.73 Å². The molecule has 0 bridgehead atoms. The summed E-state index contributed by atoms with van der Waals surface area (Å²) in [6, 6.07) is 1.54. The molecule has 0 spiro atoms. The quantitative estimate of drug-likeness (QED) is 0.642. The van der Waals surface area contributed by atoms with Gasteiger partial charge < -0.3 is 5.73 Å². The van der Waals surface area contributed by atoms with E-state index in [-0.39, 0.29) is 5.69 Å². The molecule has 0 saturated heterocycles. The van der Waals surface area contributed by atoms with Gasteiger partial charge in [0.1, 0.15) is 5.69 Å². The molecule has 1 aromatic heterocycles. The highest BCUT2D eigenvalue weighted by molar-refractivity contribution is 9.10. The fourth-order valence-electron chi connectivity index (χ4n) is 0.983. The van der Waals surface area contributed by atoms with Gasteiger partial charge in [-0.3, -0.25) is 15.1 Å². The van der Waals surface area contributed by atoms with Crippen LogP contribution in [-0.4, -0.2) is 16.5 Å². The van der Waals surface area contributed by atoms with Crippen molar-refractivity contribution >= 4 is 21.6 Å². The first kappa shape index (κ1) is 10.1. The van der Waals surface area contributed by atoms with Crippen LogP contribution in [0.3, 0.4) is 0 Å². The molecule has 0 atom stereocenters. The maximum Gasteiger partial charge on any atom is 0.304 e. The van der Waals surface area contributed by atoms with Gasteiger partial charge in [0.15, 0.2) is 0 Å². The van der Waals surface area contributed by atoms with Crippen LogP contribution in [-0.2, 0) is 6.42 Å². The van der Waals surface area contributed by atoms with E-state index in [0.717, 1.165) is 0 Å². The van der Waals surface area contributed by atoms with Crippen molar-refractivity contribution in [2.75, 3.05) is 6.54 Å². The van der Waals surface area contributed by atoms with Gasteiger partial charge in [0.25, 0.3) is 0 Å². The summed E-state index contributed by atoms with van der Waals surface area (Å²) in [6.07, 6.45) is 1.93. The average molecular weight is 246 g/mol. The van der Waals surface area contributed by atoms with Gasteiger partial charge in [-0.25, -0.2) is 0 Å². The zero-order valence-corrected chi connectivity index (χ0v) is 8.32. The zero-order chi connectivity index (χ0) is 9.84. The van der Waals surface area contributed by atoms with Crippen LogP contribution in [0.15, 0.2) is 16.7 Å². The Kier molecular flexibility index (Phi) is 3.32. The number of nitrogens with two attached hydrogens (primary N) is 1. The summed E-state index contributed by atoms with van der Waals surface area (Å²) >= 11 is 3.10. The van der Waals surface area contributed by atoms with Crippen LogP contribution in [0.25, 0.3) is 0 Å². The molecule has 0 aliphatic rings. The van der Waals surface area contributed by atoms with Crippen molar-refractivity contribution in [1.29, 1.82) is 0 Å². The molecule has 0 aliphatic carbocycles. The van der Waals surface area contributed by atoms with Gasteiger partial charge in [0.05, 0.1) is 9.40 Å². The van der Waals surface area contributed by atoms with Gasteiger partial charge in [-0.05, 0) is 28.5 Å². The summed E-state index contributed by atoms with van der Waals surface area (Å²) < 4.78 is 0.441. The SMILES string of the molecule is NCCc1nccc(Br)c1[N+](=O)[O-]. The minimum absolute atomic E-state index is 0.00736. The number of pyridine rings is 1. The second-order valence-corrected chi connectivity index (χ2v) is 3.24. The molecule has 70 valence electrons.